The number of nitrogens with zero attached hydrogens (tertiary/aromatic N) is 2. The molecule has 0 spiro atoms. The highest BCUT2D eigenvalue weighted by molar-refractivity contribution is 5.72. The number of benzene rings is 1. The number of hydrogen-bond donors (Lipinski definition) is 0. The fraction of sp³-hybridized carbons (Fsp3) is 0.593. The molecule has 1 aliphatic carbocycles. The summed E-state index contributed by atoms with van der Waals surface area (Å²) in [6.07, 6.45) is 17.2. The smallest absolute Gasteiger partial charge is 0.311 e. The number of rotatable bonds is 11. The zero-order valence-electron chi connectivity index (χ0n) is 19.3. The molecule has 0 radical (unpaired) electrons. The number of aromatic nitrogens is 2. The normalized spacial score (nSPS) is 18.6. The molecule has 0 aliphatic heterocycles. The van der Waals surface area contributed by atoms with Crippen LogP contribution in [0.5, 0.6) is 5.75 Å². The minimum absolute atomic E-state index is 0.203. The third-order valence-electron chi connectivity index (χ3n) is 6.53. The molecule has 4 heteroatoms. The first-order valence-corrected chi connectivity index (χ1v) is 12.3. The number of hydrogen-bond acceptors (Lipinski definition) is 4. The van der Waals surface area contributed by atoms with E-state index in [0.29, 0.717) is 23.9 Å². The second-order valence-electron chi connectivity index (χ2n) is 9.01. The lowest BCUT2D eigenvalue weighted by Crippen LogP contribution is -2.13. The molecule has 168 valence electrons. The summed E-state index contributed by atoms with van der Waals surface area (Å²) in [7, 11) is 0. The van der Waals surface area contributed by atoms with Crippen molar-refractivity contribution in [3.8, 4) is 17.1 Å². The van der Waals surface area contributed by atoms with Crippen molar-refractivity contribution in [1.29, 1.82) is 0 Å². The van der Waals surface area contributed by atoms with E-state index < -0.39 is 0 Å². The zero-order valence-corrected chi connectivity index (χ0v) is 19.3. The van der Waals surface area contributed by atoms with Gasteiger partial charge in [-0.2, -0.15) is 0 Å². The lowest BCUT2D eigenvalue weighted by Gasteiger charge is -2.28. The zero-order chi connectivity index (χ0) is 21.9. The number of carbonyl (C=O) groups excluding carboxylic acids is 1. The maximum Gasteiger partial charge on any atom is 0.311 e. The minimum Gasteiger partial charge on any atom is -0.423 e. The Bertz CT molecular complexity index is 778. The first kappa shape index (κ1) is 23.4. The van der Waals surface area contributed by atoms with Gasteiger partial charge in [-0.1, -0.05) is 76.6 Å². The van der Waals surface area contributed by atoms with E-state index in [0.717, 1.165) is 24.3 Å². The van der Waals surface area contributed by atoms with Crippen LogP contribution in [0.1, 0.15) is 102 Å². The fourth-order valence-corrected chi connectivity index (χ4v) is 4.67. The van der Waals surface area contributed by atoms with Gasteiger partial charge in [-0.05, 0) is 49.5 Å². The van der Waals surface area contributed by atoms with Crippen LogP contribution in [0.25, 0.3) is 11.4 Å². The second kappa shape index (κ2) is 12.6. The average molecular weight is 423 g/mol. The quantitative estimate of drug-likeness (QED) is 0.278. The van der Waals surface area contributed by atoms with Gasteiger partial charge in [-0.3, -0.25) is 4.79 Å². The molecule has 1 saturated carbocycles. The summed E-state index contributed by atoms with van der Waals surface area (Å²) in [5, 5.41) is 0. The van der Waals surface area contributed by atoms with E-state index in [1.54, 1.807) is 12.4 Å². The van der Waals surface area contributed by atoms with Crippen molar-refractivity contribution >= 4 is 5.97 Å². The maximum absolute atomic E-state index is 12.0. The Morgan fingerprint density at radius 1 is 0.903 bits per heavy atom. The summed E-state index contributed by atoms with van der Waals surface area (Å²) >= 11 is 0. The Balaban J connectivity index is 1.48. The van der Waals surface area contributed by atoms with Crippen LogP contribution < -0.4 is 4.74 Å². The molecule has 1 fully saturated rings. The minimum atomic E-state index is -0.203. The van der Waals surface area contributed by atoms with E-state index in [1.807, 2.05) is 0 Å². The molecule has 1 heterocycles. The van der Waals surface area contributed by atoms with Crippen molar-refractivity contribution in [1.82, 2.24) is 9.97 Å². The van der Waals surface area contributed by atoms with Gasteiger partial charge in [0.05, 0.1) is 12.4 Å². The number of unbranched alkanes of at least 4 members (excludes halogenated alkanes) is 4. The van der Waals surface area contributed by atoms with Crippen molar-refractivity contribution < 1.29 is 9.53 Å². The van der Waals surface area contributed by atoms with E-state index in [4.69, 9.17) is 4.74 Å². The fourth-order valence-electron chi connectivity index (χ4n) is 4.67. The molecule has 3 rings (SSSR count). The summed E-state index contributed by atoms with van der Waals surface area (Å²) in [5.74, 6) is 2.50. The van der Waals surface area contributed by atoms with Crippen LogP contribution in [0, 0.1) is 5.92 Å². The predicted molar refractivity (Wildman–Crippen MR) is 126 cm³/mol. The molecule has 1 aliphatic rings. The summed E-state index contributed by atoms with van der Waals surface area (Å²) in [4.78, 5) is 20.8. The van der Waals surface area contributed by atoms with E-state index in [9.17, 15) is 4.79 Å². The number of carbonyl (C=O) groups is 1. The molecule has 0 atom stereocenters. The standard InChI is InChI=1S/C27H38N2O2/c1-3-5-6-7-8-10-26(30)31-25-19-28-27(29-20-25)24-17-15-23(16-18-24)22-13-11-21(9-4-2)12-14-22/h15-22H,3-14H2,1-2H3. The van der Waals surface area contributed by atoms with Gasteiger partial charge in [0.25, 0.3) is 0 Å². The predicted octanol–water partition coefficient (Wildman–Crippen LogP) is 7.48. The van der Waals surface area contributed by atoms with Crippen molar-refractivity contribution in [2.45, 2.75) is 96.8 Å². The summed E-state index contributed by atoms with van der Waals surface area (Å²) in [6, 6.07) is 8.70. The highest BCUT2D eigenvalue weighted by Gasteiger charge is 2.21. The molecular formula is C27H38N2O2. The van der Waals surface area contributed by atoms with Crippen LogP contribution in [0.15, 0.2) is 36.7 Å². The molecule has 2 aromatic rings. The Hall–Kier alpha value is -2.23. The van der Waals surface area contributed by atoms with Gasteiger partial charge < -0.3 is 4.74 Å². The van der Waals surface area contributed by atoms with E-state index in [-0.39, 0.29) is 5.97 Å². The van der Waals surface area contributed by atoms with Crippen molar-refractivity contribution in [2.75, 3.05) is 0 Å². The summed E-state index contributed by atoms with van der Waals surface area (Å²) in [6.45, 7) is 4.48. The molecule has 1 aromatic carbocycles. The molecule has 31 heavy (non-hydrogen) atoms. The van der Waals surface area contributed by atoms with Crippen molar-refractivity contribution in [3.63, 3.8) is 0 Å². The SMILES string of the molecule is CCCCCCCC(=O)Oc1cnc(-c2ccc(C3CCC(CCC)CC3)cc2)nc1. The molecule has 4 nitrogen and oxygen atoms in total. The Morgan fingerprint density at radius 3 is 2.23 bits per heavy atom. The lowest BCUT2D eigenvalue weighted by molar-refractivity contribution is -0.134. The highest BCUT2D eigenvalue weighted by Crippen LogP contribution is 2.37. The van der Waals surface area contributed by atoms with Gasteiger partial charge >= 0.3 is 5.97 Å². The Labute approximate surface area is 187 Å². The molecule has 0 amide bonds. The molecule has 1 aromatic heterocycles. The molecular weight excluding hydrogens is 384 g/mol. The highest BCUT2D eigenvalue weighted by atomic mass is 16.5. The third-order valence-corrected chi connectivity index (χ3v) is 6.53. The number of esters is 1. The number of ether oxygens (including phenoxy) is 1. The van der Waals surface area contributed by atoms with Gasteiger partial charge in [-0.15, -0.1) is 0 Å². The Kier molecular flexibility index (Phi) is 9.51. The monoisotopic (exact) mass is 422 g/mol. The van der Waals surface area contributed by atoms with Gasteiger partial charge in [0.2, 0.25) is 0 Å². The molecule has 0 saturated heterocycles. The summed E-state index contributed by atoms with van der Waals surface area (Å²) < 4.78 is 5.37. The topological polar surface area (TPSA) is 52.1 Å². The van der Waals surface area contributed by atoms with Crippen LogP contribution in [0.4, 0.5) is 0 Å². The van der Waals surface area contributed by atoms with Crippen molar-refractivity contribution in [3.05, 3.63) is 42.2 Å². The maximum atomic E-state index is 12.0. The third kappa shape index (κ3) is 7.45. The first-order valence-electron chi connectivity index (χ1n) is 12.3. The molecule has 0 unspecified atom stereocenters. The van der Waals surface area contributed by atoms with Crippen LogP contribution in [0.2, 0.25) is 0 Å². The van der Waals surface area contributed by atoms with E-state index in [2.05, 4.69) is 48.1 Å². The Morgan fingerprint density at radius 2 is 1.58 bits per heavy atom. The van der Waals surface area contributed by atoms with Crippen LogP contribution in [0.3, 0.4) is 0 Å². The van der Waals surface area contributed by atoms with E-state index >= 15 is 0 Å². The lowest BCUT2D eigenvalue weighted by atomic mass is 9.77. The molecule has 0 bridgehead atoms. The average Bonchev–Trinajstić information content (AvgIpc) is 2.80. The first-order chi connectivity index (χ1) is 15.2. The second-order valence-corrected chi connectivity index (χ2v) is 9.01. The molecule has 0 N–H and O–H groups in total. The summed E-state index contributed by atoms with van der Waals surface area (Å²) in [5.41, 5.74) is 2.43. The van der Waals surface area contributed by atoms with Gasteiger partial charge in [0.15, 0.2) is 11.6 Å². The van der Waals surface area contributed by atoms with Crippen LogP contribution >= 0.6 is 0 Å². The van der Waals surface area contributed by atoms with Crippen LogP contribution in [-0.4, -0.2) is 15.9 Å². The van der Waals surface area contributed by atoms with E-state index in [1.165, 1.54) is 63.4 Å². The van der Waals surface area contributed by atoms with Gasteiger partial charge in [0.1, 0.15) is 0 Å². The van der Waals surface area contributed by atoms with Gasteiger partial charge in [-0.25, -0.2) is 9.97 Å². The van der Waals surface area contributed by atoms with Crippen LogP contribution in [-0.2, 0) is 4.79 Å². The van der Waals surface area contributed by atoms with Crippen molar-refractivity contribution in [2.24, 2.45) is 5.92 Å². The largest absolute Gasteiger partial charge is 0.423 e. The van der Waals surface area contributed by atoms with Gasteiger partial charge in [0, 0.05) is 12.0 Å².